The lowest BCUT2D eigenvalue weighted by Crippen LogP contribution is -2.43. The average Bonchev–Trinajstić information content (AvgIpc) is 3.22. The number of nitrogens with zero attached hydrogens (tertiary/aromatic N) is 4. The molecule has 1 aromatic heterocycles. The van der Waals surface area contributed by atoms with Crippen LogP contribution in [0.2, 0.25) is 0 Å². The molecule has 37 heavy (non-hydrogen) atoms. The summed E-state index contributed by atoms with van der Waals surface area (Å²) < 4.78 is 13.0. The number of ether oxygens (including phenoxy) is 2. The van der Waals surface area contributed by atoms with Crippen LogP contribution in [0.5, 0.6) is 11.5 Å². The van der Waals surface area contributed by atoms with Crippen LogP contribution < -0.4 is 24.4 Å². The molecule has 9 heteroatoms. The second kappa shape index (κ2) is 11.3. The summed E-state index contributed by atoms with van der Waals surface area (Å²) in [6.45, 7) is 6.74. The number of carbonyl (C=O) groups is 1. The van der Waals surface area contributed by atoms with Crippen LogP contribution >= 0.6 is 11.3 Å². The number of likely N-dealkylation sites (N-methyl/N-ethyl adjacent to an activating group) is 1. The maximum atomic E-state index is 13.8. The zero-order valence-electron chi connectivity index (χ0n) is 21.2. The van der Waals surface area contributed by atoms with E-state index in [0.717, 1.165) is 11.1 Å². The molecule has 1 amide bonds. The van der Waals surface area contributed by atoms with Gasteiger partial charge >= 0.3 is 0 Å². The van der Waals surface area contributed by atoms with E-state index in [9.17, 15) is 9.59 Å². The Morgan fingerprint density at radius 3 is 2.54 bits per heavy atom. The van der Waals surface area contributed by atoms with E-state index in [0.29, 0.717) is 45.2 Å². The van der Waals surface area contributed by atoms with Gasteiger partial charge in [0.1, 0.15) is 23.6 Å². The maximum absolute atomic E-state index is 13.8. The number of nitriles is 1. The average molecular weight is 517 g/mol. The highest BCUT2D eigenvalue weighted by Crippen LogP contribution is 2.36. The lowest BCUT2D eigenvalue weighted by Gasteiger charge is -2.29. The van der Waals surface area contributed by atoms with Gasteiger partial charge in [0.15, 0.2) is 11.4 Å². The number of amides is 1. The maximum Gasteiger partial charge on any atom is 0.271 e. The van der Waals surface area contributed by atoms with Gasteiger partial charge in [-0.2, -0.15) is 5.26 Å². The molecule has 3 aromatic rings. The summed E-state index contributed by atoms with van der Waals surface area (Å²) in [6.07, 6.45) is 1.79. The molecule has 2 heterocycles. The molecule has 0 spiro atoms. The number of carbonyl (C=O) groups excluding carboxylic acids is 1. The van der Waals surface area contributed by atoms with E-state index in [-0.39, 0.29) is 18.1 Å². The molecule has 190 valence electrons. The molecule has 4 rings (SSSR count). The number of hydrogen-bond acceptors (Lipinski definition) is 7. The number of para-hydroxylation sites is 1. The predicted octanol–water partition coefficient (Wildman–Crippen LogP) is 3.01. The quantitative estimate of drug-likeness (QED) is 0.459. The van der Waals surface area contributed by atoms with Crippen LogP contribution in [0.25, 0.3) is 6.08 Å². The first kappa shape index (κ1) is 25.9. The Morgan fingerprint density at radius 1 is 1.19 bits per heavy atom. The fourth-order valence-corrected chi connectivity index (χ4v) is 5.44. The van der Waals surface area contributed by atoms with Crippen LogP contribution in [0.1, 0.15) is 37.9 Å². The van der Waals surface area contributed by atoms with E-state index in [1.165, 1.54) is 11.3 Å². The number of benzene rings is 2. The molecule has 1 aliphatic heterocycles. The second-order valence-corrected chi connectivity index (χ2v) is 9.33. The number of allylic oxidation sites excluding steroid dienone is 1. The second-order valence-electron chi connectivity index (χ2n) is 8.32. The van der Waals surface area contributed by atoms with Crippen molar-refractivity contribution in [2.24, 2.45) is 4.99 Å². The van der Waals surface area contributed by atoms with Crippen LogP contribution in [-0.4, -0.2) is 42.2 Å². The van der Waals surface area contributed by atoms with Gasteiger partial charge in [0.2, 0.25) is 0 Å². The van der Waals surface area contributed by atoms with Gasteiger partial charge in [0.25, 0.3) is 11.5 Å². The number of methoxy groups -OCH3 is 1. The highest BCUT2D eigenvalue weighted by atomic mass is 32.1. The summed E-state index contributed by atoms with van der Waals surface area (Å²) in [7, 11) is 1.58. The third kappa shape index (κ3) is 5.06. The van der Waals surface area contributed by atoms with Gasteiger partial charge in [-0.3, -0.25) is 14.2 Å². The number of fused-ring (bicyclic) bond motifs is 1. The molecule has 0 aliphatic carbocycles. The fourth-order valence-electron chi connectivity index (χ4n) is 4.39. The van der Waals surface area contributed by atoms with E-state index in [2.05, 4.69) is 0 Å². The van der Waals surface area contributed by atoms with Gasteiger partial charge in [-0.1, -0.05) is 41.7 Å². The Morgan fingerprint density at radius 2 is 1.89 bits per heavy atom. The van der Waals surface area contributed by atoms with Crippen molar-refractivity contribution in [2.45, 2.75) is 26.8 Å². The summed E-state index contributed by atoms with van der Waals surface area (Å²) >= 11 is 1.28. The molecule has 8 nitrogen and oxygen atoms in total. The minimum atomic E-state index is -0.676. The van der Waals surface area contributed by atoms with Crippen molar-refractivity contribution in [3.05, 3.63) is 90.6 Å². The van der Waals surface area contributed by atoms with Crippen molar-refractivity contribution in [1.29, 1.82) is 5.26 Å². The molecular weight excluding hydrogens is 488 g/mol. The summed E-state index contributed by atoms with van der Waals surface area (Å²) in [5.74, 6) is 1.02. The Balaban J connectivity index is 1.90. The molecule has 0 saturated heterocycles. The Bertz CT molecular complexity index is 1560. The number of rotatable bonds is 8. The normalized spacial score (nSPS) is 15.0. The van der Waals surface area contributed by atoms with Gasteiger partial charge in [-0.25, -0.2) is 4.99 Å². The largest absolute Gasteiger partial charge is 0.496 e. The minimum absolute atomic E-state index is 0.0329. The third-order valence-electron chi connectivity index (χ3n) is 6.22. The molecule has 0 bridgehead atoms. The molecule has 0 N–H and O–H groups in total. The molecule has 1 aliphatic rings. The summed E-state index contributed by atoms with van der Waals surface area (Å²) in [5.41, 5.74) is 2.34. The van der Waals surface area contributed by atoms with Gasteiger partial charge in [0, 0.05) is 18.7 Å². The first-order valence-corrected chi connectivity index (χ1v) is 12.8. The monoisotopic (exact) mass is 516 g/mol. The van der Waals surface area contributed by atoms with E-state index < -0.39 is 6.04 Å². The summed E-state index contributed by atoms with van der Waals surface area (Å²) in [6, 6.07) is 15.9. The van der Waals surface area contributed by atoms with Gasteiger partial charge in [-0.15, -0.1) is 0 Å². The third-order valence-corrected chi connectivity index (χ3v) is 7.20. The SMILES string of the molecule is CCN(CC)C(=O)C1=C(C)N=c2s/c(=C/c3ccc(OCC#N)cc3)c(=O)n2[C@H]1c1ccccc1OC. The van der Waals surface area contributed by atoms with Crippen LogP contribution in [-0.2, 0) is 4.79 Å². The standard InChI is InChI=1S/C28H28N4O4S/c1-5-31(6-2)27(34)24-18(3)30-28-32(25(24)21-9-7-8-10-22(21)35-4)26(33)23(37-28)17-19-11-13-20(14-12-19)36-16-15-29/h7-14,17,25H,5-6,16H2,1-4H3/b23-17+/t25-/m0/s1. The zero-order chi connectivity index (χ0) is 26.5. The number of thiazole rings is 1. The first-order valence-electron chi connectivity index (χ1n) is 12.0. The van der Waals surface area contributed by atoms with Crippen molar-refractivity contribution in [3.63, 3.8) is 0 Å². The molecule has 1 atom stereocenters. The molecule has 0 radical (unpaired) electrons. The van der Waals surface area contributed by atoms with Crippen LogP contribution in [0.15, 0.2) is 69.6 Å². The lowest BCUT2D eigenvalue weighted by atomic mass is 9.94. The number of hydrogen-bond donors (Lipinski definition) is 0. The van der Waals surface area contributed by atoms with E-state index in [1.807, 2.05) is 63.2 Å². The molecule has 0 fully saturated rings. The van der Waals surface area contributed by atoms with Crippen molar-refractivity contribution < 1.29 is 14.3 Å². The fraction of sp³-hybridized carbons (Fsp3) is 0.286. The highest BCUT2D eigenvalue weighted by molar-refractivity contribution is 7.07. The zero-order valence-corrected chi connectivity index (χ0v) is 22.0. The van der Waals surface area contributed by atoms with Gasteiger partial charge in [-0.05, 0) is 50.6 Å². The molecule has 0 saturated carbocycles. The smallest absolute Gasteiger partial charge is 0.271 e. The van der Waals surface area contributed by atoms with Crippen molar-refractivity contribution in [3.8, 4) is 17.6 Å². The van der Waals surface area contributed by atoms with E-state index >= 15 is 0 Å². The molecular formula is C28H28N4O4S. The first-order chi connectivity index (χ1) is 17.9. The van der Waals surface area contributed by atoms with Crippen LogP contribution in [0.4, 0.5) is 0 Å². The Hall–Kier alpha value is -4.16. The highest BCUT2D eigenvalue weighted by Gasteiger charge is 2.35. The van der Waals surface area contributed by atoms with Crippen molar-refractivity contribution in [1.82, 2.24) is 9.47 Å². The van der Waals surface area contributed by atoms with Gasteiger partial charge < -0.3 is 14.4 Å². The van der Waals surface area contributed by atoms with E-state index in [4.69, 9.17) is 19.7 Å². The summed E-state index contributed by atoms with van der Waals surface area (Å²) in [4.78, 5) is 34.5. The molecule has 2 aromatic carbocycles. The Labute approximate surface area is 219 Å². The minimum Gasteiger partial charge on any atom is -0.496 e. The molecule has 0 unspecified atom stereocenters. The summed E-state index contributed by atoms with van der Waals surface area (Å²) in [5, 5.41) is 8.69. The predicted molar refractivity (Wildman–Crippen MR) is 142 cm³/mol. The van der Waals surface area contributed by atoms with Crippen molar-refractivity contribution >= 4 is 23.3 Å². The van der Waals surface area contributed by atoms with Crippen molar-refractivity contribution in [2.75, 3.05) is 26.8 Å². The van der Waals surface area contributed by atoms with Gasteiger partial charge in [0.05, 0.1) is 22.9 Å². The topological polar surface area (TPSA) is 96.9 Å². The van der Waals surface area contributed by atoms with Crippen LogP contribution in [0, 0.1) is 11.3 Å². The Kier molecular flexibility index (Phi) is 7.89. The van der Waals surface area contributed by atoms with Crippen LogP contribution in [0.3, 0.4) is 0 Å². The van der Waals surface area contributed by atoms with E-state index in [1.54, 1.807) is 34.8 Å². The number of aromatic nitrogens is 1. The lowest BCUT2D eigenvalue weighted by molar-refractivity contribution is -0.127.